The Bertz CT molecular complexity index is 759. The molecule has 0 aliphatic carbocycles. The van der Waals surface area contributed by atoms with Gasteiger partial charge in [-0.25, -0.2) is 4.99 Å². The second kappa shape index (κ2) is 11.4. The molecule has 2 aromatic rings. The van der Waals surface area contributed by atoms with Gasteiger partial charge in [0, 0.05) is 60.7 Å². The Labute approximate surface area is 172 Å². The monoisotopic (exact) mass is 401 g/mol. The zero-order valence-electron chi connectivity index (χ0n) is 17.2. The second-order valence-electron chi connectivity index (χ2n) is 6.84. The molecule has 0 aromatic carbocycles. The molecule has 0 aliphatic heterocycles. The summed E-state index contributed by atoms with van der Waals surface area (Å²) in [5.41, 5.74) is 0.985. The van der Waals surface area contributed by atoms with E-state index < -0.39 is 0 Å². The SMILES string of the molecule is CCNC(=NCC(=O)N(C)CCc1ccccn1)NC(C)Cc1ccc(C)s1. The van der Waals surface area contributed by atoms with Crippen LogP contribution in [-0.2, 0) is 17.6 Å². The predicted octanol–water partition coefficient (Wildman–Crippen LogP) is 2.64. The summed E-state index contributed by atoms with van der Waals surface area (Å²) in [6.07, 6.45) is 3.44. The Hall–Kier alpha value is -2.41. The summed E-state index contributed by atoms with van der Waals surface area (Å²) in [4.78, 5) is 25.5. The minimum Gasteiger partial charge on any atom is -0.357 e. The fourth-order valence-corrected chi connectivity index (χ4v) is 3.74. The van der Waals surface area contributed by atoms with Crippen molar-refractivity contribution in [3.05, 3.63) is 52.0 Å². The number of aliphatic imine (C=N–C) groups is 1. The third-order valence-electron chi connectivity index (χ3n) is 4.26. The first kappa shape index (κ1) is 21.9. The van der Waals surface area contributed by atoms with Crippen LogP contribution in [0.25, 0.3) is 0 Å². The van der Waals surface area contributed by atoms with Gasteiger partial charge in [-0.3, -0.25) is 9.78 Å². The minimum atomic E-state index is -0.00494. The normalized spacial score (nSPS) is 12.5. The van der Waals surface area contributed by atoms with Gasteiger partial charge in [0.2, 0.25) is 5.91 Å². The molecule has 0 saturated carbocycles. The average Bonchev–Trinajstić information content (AvgIpc) is 3.09. The van der Waals surface area contributed by atoms with E-state index >= 15 is 0 Å². The van der Waals surface area contributed by atoms with Crippen LogP contribution in [0.4, 0.5) is 0 Å². The number of thiophene rings is 1. The summed E-state index contributed by atoms with van der Waals surface area (Å²) in [6.45, 7) is 7.77. The van der Waals surface area contributed by atoms with Crippen molar-refractivity contribution in [3.63, 3.8) is 0 Å². The highest BCUT2D eigenvalue weighted by Crippen LogP contribution is 2.16. The molecule has 2 aromatic heterocycles. The van der Waals surface area contributed by atoms with Gasteiger partial charge >= 0.3 is 0 Å². The number of hydrogen-bond donors (Lipinski definition) is 2. The number of hydrogen-bond acceptors (Lipinski definition) is 4. The number of carbonyl (C=O) groups is 1. The Morgan fingerprint density at radius 1 is 1.32 bits per heavy atom. The molecule has 0 bridgehead atoms. The molecule has 0 spiro atoms. The van der Waals surface area contributed by atoms with Crippen LogP contribution in [0, 0.1) is 6.92 Å². The van der Waals surface area contributed by atoms with E-state index in [2.05, 4.69) is 46.6 Å². The lowest BCUT2D eigenvalue weighted by Gasteiger charge is -2.19. The van der Waals surface area contributed by atoms with E-state index in [-0.39, 0.29) is 18.5 Å². The van der Waals surface area contributed by atoms with Gasteiger partial charge in [-0.1, -0.05) is 6.07 Å². The zero-order valence-corrected chi connectivity index (χ0v) is 18.1. The van der Waals surface area contributed by atoms with Crippen molar-refractivity contribution in [2.75, 3.05) is 26.7 Å². The topological polar surface area (TPSA) is 69.6 Å². The van der Waals surface area contributed by atoms with Crippen LogP contribution in [-0.4, -0.2) is 54.5 Å². The third kappa shape index (κ3) is 7.68. The molecule has 0 fully saturated rings. The molecule has 7 heteroatoms. The van der Waals surface area contributed by atoms with E-state index in [1.54, 1.807) is 11.1 Å². The van der Waals surface area contributed by atoms with Crippen molar-refractivity contribution in [2.45, 2.75) is 39.7 Å². The van der Waals surface area contributed by atoms with E-state index in [4.69, 9.17) is 0 Å². The van der Waals surface area contributed by atoms with Gasteiger partial charge in [-0.15, -0.1) is 11.3 Å². The number of amides is 1. The molecule has 0 saturated heterocycles. The summed E-state index contributed by atoms with van der Waals surface area (Å²) in [7, 11) is 1.81. The lowest BCUT2D eigenvalue weighted by Crippen LogP contribution is -2.43. The fourth-order valence-electron chi connectivity index (χ4n) is 2.72. The van der Waals surface area contributed by atoms with E-state index in [0.717, 1.165) is 25.1 Å². The van der Waals surface area contributed by atoms with Crippen LogP contribution in [0.5, 0.6) is 0 Å². The van der Waals surface area contributed by atoms with Gasteiger partial charge in [0.25, 0.3) is 0 Å². The largest absolute Gasteiger partial charge is 0.357 e. The standard InChI is InChI=1S/C21H31N5OS/c1-5-22-21(25-16(2)14-19-10-9-17(3)28-19)24-15-20(27)26(4)13-11-18-8-6-7-12-23-18/h6-10,12,16H,5,11,13-15H2,1-4H3,(H2,22,24,25). The number of pyridine rings is 1. The summed E-state index contributed by atoms with van der Waals surface area (Å²) in [6, 6.07) is 10.4. The molecule has 152 valence electrons. The first-order valence-electron chi connectivity index (χ1n) is 9.72. The highest BCUT2D eigenvalue weighted by molar-refractivity contribution is 7.11. The lowest BCUT2D eigenvalue weighted by molar-refractivity contribution is -0.128. The van der Waals surface area contributed by atoms with Gasteiger partial charge in [-0.05, 0) is 45.0 Å². The van der Waals surface area contributed by atoms with Crippen molar-refractivity contribution >= 4 is 23.2 Å². The number of aromatic nitrogens is 1. The molecule has 2 heterocycles. The van der Waals surface area contributed by atoms with E-state index in [0.29, 0.717) is 12.5 Å². The molecule has 1 atom stereocenters. The lowest BCUT2D eigenvalue weighted by atomic mass is 10.2. The van der Waals surface area contributed by atoms with Crippen LogP contribution in [0.15, 0.2) is 41.5 Å². The zero-order chi connectivity index (χ0) is 20.4. The summed E-state index contributed by atoms with van der Waals surface area (Å²) < 4.78 is 0. The average molecular weight is 402 g/mol. The number of guanidine groups is 1. The molecule has 6 nitrogen and oxygen atoms in total. The van der Waals surface area contributed by atoms with Crippen LogP contribution >= 0.6 is 11.3 Å². The maximum atomic E-state index is 12.4. The van der Waals surface area contributed by atoms with Crippen LogP contribution in [0.1, 0.15) is 29.3 Å². The molecule has 0 radical (unpaired) electrons. The highest BCUT2D eigenvalue weighted by Gasteiger charge is 2.11. The fraction of sp³-hybridized carbons (Fsp3) is 0.476. The highest BCUT2D eigenvalue weighted by atomic mass is 32.1. The maximum absolute atomic E-state index is 12.4. The Kier molecular flexibility index (Phi) is 8.94. The molecule has 0 aliphatic rings. The van der Waals surface area contributed by atoms with Gasteiger partial charge in [0.05, 0.1) is 0 Å². The molecule has 1 unspecified atom stereocenters. The van der Waals surface area contributed by atoms with Crippen molar-refractivity contribution in [1.82, 2.24) is 20.5 Å². The Balaban J connectivity index is 1.83. The molecule has 1 amide bonds. The van der Waals surface area contributed by atoms with Crippen molar-refractivity contribution in [2.24, 2.45) is 4.99 Å². The van der Waals surface area contributed by atoms with E-state index in [9.17, 15) is 4.79 Å². The number of likely N-dealkylation sites (N-methyl/N-ethyl adjacent to an activating group) is 1. The second-order valence-corrected chi connectivity index (χ2v) is 8.22. The molecular formula is C21H31N5OS. The van der Waals surface area contributed by atoms with Crippen LogP contribution < -0.4 is 10.6 Å². The summed E-state index contributed by atoms with van der Waals surface area (Å²) in [5.74, 6) is 0.671. The van der Waals surface area contributed by atoms with Gasteiger partial charge < -0.3 is 15.5 Å². The van der Waals surface area contributed by atoms with Crippen LogP contribution in [0.2, 0.25) is 0 Å². The van der Waals surface area contributed by atoms with Gasteiger partial charge in [-0.2, -0.15) is 0 Å². The van der Waals surface area contributed by atoms with Crippen LogP contribution in [0.3, 0.4) is 0 Å². The number of rotatable bonds is 9. The number of nitrogens with zero attached hydrogens (tertiary/aromatic N) is 3. The predicted molar refractivity (Wildman–Crippen MR) is 117 cm³/mol. The number of nitrogens with one attached hydrogen (secondary N) is 2. The third-order valence-corrected chi connectivity index (χ3v) is 5.28. The van der Waals surface area contributed by atoms with Crippen molar-refractivity contribution in [1.29, 1.82) is 0 Å². The Morgan fingerprint density at radius 2 is 2.14 bits per heavy atom. The molecule has 2 rings (SSSR count). The molecular weight excluding hydrogens is 370 g/mol. The smallest absolute Gasteiger partial charge is 0.244 e. The summed E-state index contributed by atoms with van der Waals surface area (Å²) >= 11 is 1.82. The maximum Gasteiger partial charge on any atom is 0.244 e. The van der Waals surface area contributed by atoms with Gasteiger partial charge in [0.15, 0.2) is 5.96 Å². The molecule has 28 heavy (non-hydrogen) atoms. The van der Waals surface area contributed by atoms with Crippen molar-refractivity contribution < 1.29 is 4.79 Å². The first-order chi connectivity index (χ1) is 13.5. The Morgan fingerprint density at radius 3 is 2.79 bits per heavy atom. The number of aryl methyl sites for hydroxylation is 1. The number of carbonyl (C=O) groups excluding carboxylic acids is 1. The summed E-state index contributed by atoms with van der Waals surface area (Å²) in [5, 5.41) is 6.61. The van der Waals surface area contributed by atoms with Gasteiger partial charge in [0.1, 0.15) is 6.54 Å². The van der Waals surface area contributed by atoms with E-state index in [1.807, 2.05) is 43.5 Å². The molecule has 2 N–H and O–H groups in total. The quantitative estimate of drug-likeness (QED) is 0.501. The van der Waals surface area contributed by atoms with E-state index in [1.165, 1.54) is 9.75 Å². The first-order valence-corrected chi connectivity index (χ1v) is 10.5. The minimum absolute atomic E-state index is 0.00494. The van der Waals surface area contributed by atoms with Crippen molar-refractivity contribution in [3.8, 4) is 0 Å².